The Morgan fingerprint density at radius 2 is 1.74 bits per heavy atom. The van der Waals surface area contributed by atoms with Crippen LogP contribution >= 0.6 is 11.6 Å². The smallest absolute Gasteiger partial charge is 0.192 e. The second-order valence-electron chi connectivity index (χ2n) is 10.8. The number of piperidine rings is 1. The zero-order chi connectivity index (χ0) is 25.2. The van der Waals surface area contributed by atoms with E-state index >= 15 is 0 Å². The molecule has 0 saturated carbocycles. The molecule has 1 saturated heterocycles. The fourth-order valence-electron chi connectivity index (χ4n) is 4.24. The molecule has 188 valence electrons. The van der Waals surface area contributed by atoms with E-state index < -0.39 is 8.32 Å². The minimum absolute atomic E-state index is 0.228. The molecule has 4 rings (SSSR count). The first-order valence-electron chi connectivity index (χ1n) is 12.3. The molecule has 0 unspecified atom stereocenters. The molecular weight excluding hydrogens is 476 g/mol. The summed E-state index contributed by atoms with van der Waals surface area (Å²) < 4.78 is 11.9. The average Bonchev–Trinajstić information content (AvgIpc) is 2.82. The van der Waals surface area contributed by atoms with Gasteiger partial charge in [-0.15, -0.1) is 10.2 Å². The summed E-state index contributed by atoms with van der Waals surface area (Å²) in [5.74, 6) is 2.39. The summed E-state index contributed by atoms with van der Waals surface area (Å²) in [6.45, 7) is 14.0. The minimum atomic E-state index is -1.76. The minimum Gasteiger partial charge on any atom is -0.495 e. The zero-order valence-corrected chi connectivity index (χ0v) is 23.4. The second kappa shape index (κ2) is 10.3. The van der Waals surface area contributed by atoms with E-state index in [0.29, 0.717) is 23.4 Å². The Hall–Kier alpha value is -2.35. The van der Waals surface area contributed by atoms with Gasteiger partial charge in [0.05, 0.1) is 12.1 Å². The first-order valence-corrected chi connectivity index (χ1v) is 15.6. The van der Waals surface area contributed by atoms with Gasteiger partial charge in [0, 0.05) is 36.5 Å². The topological polar surface area (TPSA) is 59.5 Å². The van der Waals surface area contributed by atoms with E-state index in [2.05, 4.69) is 72.5 Å². The third-order valence-electron chi connectivity index (χ3n) is 7.35. The SMILES string of the molecule is COc1ccc(CNc2nnc(N3CCC(O[Si](C)(C)C(C)(C)C)CC3)c3ccccc23)cc1Cl. The maximum absolute atomic E-state index is 6.68. The molecule has 35 heavy (non-hydrogen) atoms. The van der Waals surface area contributed by atoms with Crippen LogP contribution < -0.4 is 15.0 Å². The van der Waals surface area contributed by atoms with Crippen LogP contribution in [0, 0.1) is 0 Å². The van der Waals surface area contributed by atoms with Crippen molar-refractivity contribution >= 4 is 42.3 Å². The Balaban J connectivity index is 1.47. The average molecular weight is 513 g/mol. The largest absolute Gasteiger partial charge is 0.495 e. The Morgan fingerprint density at radius 3 is 2.37 bits per heavy atom. The summed E-state index contributed by atoms with van der Waals surface area (Å²) in [6, 6.07) is 14.1. The lowest BCUT2D eigenvalue weighted by Crippen LogP contribution is -2.47. The number of rotatable bonds is 7. The number of hydrogen-bond donors (Lipinski definition) is 1. The van der Waals surface area contributed by atoms with Gasteiger partial charge in [0.25, 0.3) is 0 Å². The lowest BCUT2D eigenvalue weighted by Gasteiger charge is -2.42. The van der Waals surface area contributed by atoms with E-state index in [0.717, 1.165) is 53.9 Å². The van der Waals surface area contributed by atoms with Gasteiger partial charge in [0.1, 0.15) is 5.75 Å². The molecular formula is C27H37ClN4O2Si. The Kier molecular flexibility index (Phi) is 7.59. The maximum atomic E-state index is 6.68. The van der Waals surface area contributed by atoms with Gasteiger partial charge in [0.15, 0.2) is 20.0 Å². The Morgan fingerprint density at radius 1 is 1.06 bits per heavy atom. The number of methoxy groups -OCH3 is 1. The molecule has 2 heterocycles. The van der Waals surface area contributed by atoms with Crippen molar-refractivity contribution in [1.82, 2.24) is 10.2 Å². The van der Waals surface area contributed by atoms with E-state index in [1.807, 2.05) is 24.3 Å². The lowest BCUT2D eigenvalue weighted by atomic mass is 10.1. The third kappa shape index (κ3) is 5.73. The molecule has 0 radical (unpaired) electrons. The number of fused-ring (bicyclic) bond motifs is 1. The van der Waals surface area contributed by atoms with Gasteiger partial charge in [-0.2, -0.15) is 0 Å². The maximum Gasteiger partial charge on any atom is 0.192 e. The lowest BCUT2D eigenvalue weighted by molar-refractivity contribution is 0.152. The van der Waals surface area contributed by atoms with Gasteiger partial charge in [-0.3, -0.25) is 0 Å². The molecule has 3 aromatic rings. The third-order valence-corrected chi connectivity index (χ3v) is 12.2. The van der Waals surface area contributed by atoms with Crippen molar-refractivity contribution in [2.45, 2.75) is 64.4 Å². The molecule has 8 heteroatoms. The Bertz CT molecular complexity index is 1170. The van der Waals surface area contributed by atoms with Gasteiger partial charge < -0.3 is 19.4 Å². The van der Waals surface area contributed by atoms with Gasteiger partial charge in [-0.05, 0) is 48.7 Å². The van der Waals surface area contributed by atoms with E-state index in [9.17, 15) is 0 Å². The molecule has 1 aliphatic heterocycles. The first-order chi connectivity index (χ1) is 16.6. The van der Waals surface area contributed by atoms with Gasteiger partial charge in [-0.25, -0.2) is 0 Å². The number of ether oxygens (including phenoxy) is 1. The quantitative estimate of drug-likeness (QED) is 0.347. The number of anilines is 2. The van der Waals surface area contributed by atoms with Crippen molar-refractivity contribution in [2.24, 2.45) is 0 Å². The molecule has 0 aliphatic carbocycles. The van der Waals surface area contributed by atoms with E-state index in [1.165, 1.54) is 0 Å². The highest BCUT2D eigenvalue weighted by molar-refractivity contribution is 6.74. The summed E-state index contributed by atoms with van der Waals surface area (Å²) in [7, 11) is -0.144. The highest BCUT2D eigenvalue weighted by Gasteiger charge is 2.39. The molecule has 0 atom stereocenters. The first kappa shape index (κ1) is 25.7. The van der Waals surface area contributed by atoms with Gasteiger partial charge in [-0.1, -0.05) is 62.7 Å². The fourth-order valence-corrected chi connectivity index (χ4v) is 5.94. The second-order valence-corrected chi connectivity index (χ2v) is 16.0. The highest BCUT2D eigenvalue weighted by Crippen LogP contribution is 2.39. The van der Waals surface area contributed by atoms with Crippen LogP contribution in [0.15, 0.2) is 42.5 Å². The molecule has 1 aliphatic rings. The number of hydrogen-bond acceptors (Lipinski definition) is 6. The van der Waals surface area contributed by atoms with Crippen molar-refractivity contribution in [3.63, 3.8) is 0 Å². The molecule has 0 amide bonds. The summed E-state index contributed by atoms with van der Waals surface area (Å²) >= 11 is 6.29. The number of halogens is 1. The summed E-state index contributed by atoms with van der Waals surface area (Å²) in [5.41, 5.74) is 1.05. The van der Waals surface area contributed by atoms with Crippen LogP contribution in [0.4, 0.5) is 11.6 Å². The van der Waals surface area contributed by atoms with Gasteiger partial charge >= 0.3 is 0 Å². The van der Waals surface area contributed by atoms with Crippen molar-refractivity contribution in [2.75, 3.05) is 30.4 Å². The van der Waals surface area contributed by atoms with E-state index in [-0.39, 0.29) is 5.04 Å². The summed E-state index contributed by atoms with van der Waals surface area (Å²) in [5, 5.41) is 15.7. The molecule has 1 fully saturated rings. The van der Waals surface area contributed by atoms with Crippen molar-refractivity contribution in [3.8, 4) is 5.75 Å². The van der Waals surface area contributed by atoms with Crippen LogP contribution in [-0.4, -0.2) is 44.8 Å². The fraction of sp³-hybridized carbons (Fsp3) is 0.481. The van der Waals surface area contributed by atoms with Crippen molar-refractivity contribution in [3.05, 3.63) is 53.1 Å². The van der Waals surface area contributed by atoms with Crippen molar-refractivity contribution < 1.29 is 9.16 Å². The van der Waals surface area contributed by atoms with Crippen LogP contribution in [0.1, 0.15) is 39.2 Å². The monoisotopic (exact) mass is 512 g/mol. The molecule has 2 aromatic carbocycles. The summed E-state index contributed by atoms with van der Waals surface area (Å²) in [6.07, 6.45) is 2.35. The predicted molar refractivity (Wildman–Crippen MR) is 148 cm³/mol. The van der Waals surface area contributed by atoms with Crippen LogP contribution in [0.3, 0.4) is 0 Å². The molecule has 6 nitrogen and oxygen atoms in total. The normalized spacial score (nSPS) is 15.5. The molecule has 1 N–H and O–H groups in total. The standard InChI is InChI=1S/C27H37ClN4O2Si/c1-27(2,3)35(5,6)34-20-13-15-32(16-14-20)26-22-10-8-7-9-21(22)25(30-31-26)29-18-19-11-12-24(33-4)23(28)17-19/h7-12,17,20H,13-16,18H2,1-6H3,(H,29,30). The molecule has 1 aromatic heterocycles. The van der Waals surface area contributed by atoms with E-state index in [4.69, 9.17) is 20.8 Å². The van der Waals surface area contributed by atoms with Crippen LogP contribution in [0.25, 0.3) is 10.8 Å². The summed E-state index contributed by atoms with van der Waals surface area (Å²) in [4.78, 5) is 2.36. The molecule has 0 bridgehead atoms. The number of nitrogens with one attached hydrogen (secondary N) is 1. The highest BCUT2D eigenvalue weighted by atomic mass is 35.5. The number of benzene rings is 2. The van der Waals surface area contributed by atoms with Crippen LogP contribution in [0.5, 0.6) is 5.75 Å². The predicted octanol–water partition coefficient (Wildman–Crippen LogP) is 6.89. The van der Waals surface area contributed by atoms with Crippen LogP contribution in [0.2, 0.25) is 23.2 Å². The Labute approximate surface area is 215 Å². The number of aromatic nitrogens is 2. The van der Waals surface area contributed by atoms with Crippen LogP contribution in [-0.2, 0) is 11.0 Å². The van der Waals surface area contributed by atoms with Crippen molar-refractivity contribution in [1.29, 1.82) is 0 Å². The van der Waals surface area contributed by atoms with E-state index in [1.54, 1.807) is 7.11 Å². The van der Waals surface area contributed by atoms with Gasteiger partial charge in [0.2, 0.25) is 0 Å². The number of nitrogens with zero attached hydrogens (tertiary/aromatic N) is 3. The molecule has 0 spiro atoms. The zero-order valence-electron chi connectivity index (χ0n) is 21.7.